The maximum absolute atomic E-state index is 12.5. The maximum atomic E-state index is 12.5. The highest BCUT2D eigenvalue weighted by Gasteiger charge is 2.31. The lowest BCUT2D eigenvalue weighted by Gasteiger charge is -2.33. The summed E-state index contributed by atoms with van der Waals surface area (Å²) in [6.07, 6.45) is 2.68. The van der Waals surface area contributed by atoms with Gasteiger partial charge in [-0.15, -0.1) is 0 Å². The first-order chi connectivity index (χ1) is 9.44. The molecular formula is C13H20ClN3O2S. The first-order valence-corrected chi connectivity index (χ1v) is 8.51. The second-order valence-electron chi connectivity index (χ2n) is 5.09. The average molecular weight is 318 g/mol. The summed E-state index contributed by atoms with van der Waals surface area (Å²) < 4.78 is 28.9. The topological polar surface area (TPSA) is 75.4 Å². The van der Waals surface area contributed by atoms with Crippen LogP contribution >= 0.6 is 11.6 Å². The molecule has 1 aliphatic rings. The predicted octanol–water partition coefficient (Wildman–Crippen LogP) is 2.12. The Labute approximate surface area is 125 Å². The second-order valence-corrected chi connectivity index (χ2v) is 7.12. The predicted molar refractivity (Wildman–Crippen MR) is 82.1 cm³/mol. The van der Waals surface area contributed by atoms with Crippen LogP contribution in [-0.4, -0.2) is 31.9 Å². The van der Waals surface area contributed by atoms with Gasteiger partial charge >= 0.3 is 10.2 Å². The molecule has 0 radical (unpaired) electrons. The number of rotatable bonds is 4. The van der Waals surface area contributed by atoms with Crippen LogP contribution in [0.4, 0.5) is 5.69 Å². The molecule has 0 bridgehead atoms. The molecule has 2 rings (SSSR count). The van der Waals surface area contributed by atoms with Gasteiger partial charge in [-0.3, -0.25) is 4.72 Å². The van der Waals surface area contributed by atoms with Crippen molar-refractivity contribution in [3.63, 3.8) is 0 Å². The number of piperidine rings is 1. The van der Waals surface area contributed by atoms with Gasteiger partial charge in [0, 0.05) is 19.1 Å². The second kappa shape index (κ2) is 6.30. The number of aryl methyl sites for hydroxylation is 1. The zero-order chi connectivity index (χ0) is 14.8. The highest BCUT2D eigenvalue weighted by molar-refractivity contribution is 7.90. The average Bonchev–Trinajstić information content (AvgIpc) is 2.42. The van der Waals surface area contributed by atoms with Crippen molar-refractivity contribution in [2.45, 2.75) is 32.2 Å². The molecule has 0 spiro atoms. The highest BCUT2D eigenvalue weighted by atomic mass is 35.5. The molecule has 0 saturated carbocycles. The minimum Gasteiger partial charge on any atom is -0.329 e. The van der Waals surface area contributed by atoms with Crippen molar-refractivity contribution in [1.82, 2.24) is 4.31 Å². The summed E-state index contributed by atoms with van der Waals surface area (Å²) in [5, 5.41) is 0.398. The summed E-state index contributed by atoms with van der Waals surface area (Å²) in [6.45, 7) is 2.74. The zero-order valence-corrected chi connectivity index (χ0v) is 13.0. The number of nitrogens with one attached hydrogen (secondary N) is 1. The first kappa shape index (κ1) is 15.6. The number of nitrogens with two attached hydrogens (primary N) is 1. The van der Waals surface area contributed by atoms with Gasteiger partial charge in [0.2, 0.25) is 0 Å². The number of halogens is 1. The normalized spacial score (nSPS) is 20.9. The maximum Gasteiger partial charge on any atom is 0.301 e. The molecule has 1 fully saturated rings. The smallest absolute Gasteiger partial charge is 0.301 e. The summed E-state index contributed by atoms with van der Waals surface area (Å²) in [5.41, 5.74) is 7.06. The van der Waals surface area contributed by atoms with Gasteiger partial charge in [-0.1, -0.05) is 24.1 Å². The number of anilines is 1. The Kier molecular flexibility index (Phi) is 4.90. The van der Waals surface area contributed by atoms with Crippen molar-refractivity contribution in [3.8, 4) is 0 Å². The largest absolute Gasteiger partial charge is 0.329 e. The highest BCUT2D eigenvalue weighted by Crippen LogP contribution is 2.26. The van der Waals surface area contributed by atoms with Gasteiger partial charge in [0.15, 0.2) is 0 Å². The molecule has 112 valence electrons. The third-order valence-corrected chi connectivity index (χ3v) is 5.41. The van der Waals surface area contributed by atoms with E-state index in [9.17, 15) is 8.42 Å². The van der Waals surface area contributed by atoms with Gasteiger partial charge in [-0.05, 0) is 37.5 Å². The van der Waals surface area contributed by atoms with Crippen molar-refractivity contribution in [1.29, 1.82) is 0 Å². The summed E-state index contributed by atoms with van der Waals surface area (Å²) in [6, 6.07) is 5.10. The molecule has 1 unspecified atom stereocenters. The lowest BCUT2D eigenvalue weighted by molar-refractivity contribution is 0.259. The third kappa shape index (κ3) is 3.44. The van der Waals surface area contributed by atoms with Gasteiger partial charge in [0.05, 0.1) is 10.7 Å². The molecule has 1 aromatic carbocycles. The van der Waals surface area contributed by atoms with Crippen LogP contribution in [0.2, 0.25) is 5.02 Å². The van der Waals surface area contributed by atoms with E-state index in [0.29, 0.717) is 23.8 Å². The quantitative estimate of drug-likeness (QED) is 0.893. The fourth-order valence-electron chi connectivity index (χ4n) is 2.43. The van der Waals surface area contributed by atoms with E-state index in [1.165, 1.54) is 4.31 Å². The van der Waals surface area contributed by atoms with Crippen LogP contribution in [0.1, 0.15) is 24.8 Å². The minimum absolute atomic E-state index is 0.134. The molecular weight excluding hydrogens is 298 g/mol. The van der Waals surface area contributed by atoms with Crippen molar-refractivity contribution < 1.29 is 8.42 Å². The van der Waals surface area contributed by atoms with Gasteiger partial charge in [0.1, 0.15) is 0 Å². The molecule has 0 amide bonds. The van der Waals surface area contributed by atoms with Gasteiger partial charge in [0.25, 0.3) is 0 Å². The lowest BCUT2D eigenvalue weighted by atomic mass is 10.1. The fraction of sp³-hybridized carbons (Fsp3) is 0.538. The summed E-state index contributed by atoms with van der Waals surface area (Å²) in [4.78, 5) is 0. The molecule has 0 aromatic heterocycles. The van der Waals surface area contributed by atoms with E-state index in [1.54, 1.807) is 12.1 Å². The first-order valence-electron chi connectivity index (χ1n) is 6.70. The van der Waals surface area contributed by atoms with Crippen LogP contribution < -0.4 is 10.5 Å². The van der Waals surface area contributed by atoms with Crippen molar-refractivity contribution in [2.24, 2.45) is 5.73 Å². The summed E-state index contributed by atoms with van der Waals surface area (Å²) in [5.74, 6) is 0. The third-order valence-electron chi connectivity index (χ3n) is 3.52. The fourth-order valence-corrected chi connectivity index (χ4v) is 4.29. The van der Waals surface area contributed by atoms with E-state index in [4.69, 9.17) is 17.3 Å². The van der Waals surface area contributed by atoms with Crippen LogP contribution in [0.25, 0.3) is 0 Å². The van der Waals surface area contributed by atoms with E-state index in [1.807, 2.05) is 13.0 Å². The molecule has 0 aliphatic carbocycles. The number of hydrogen-bond acceptors (Lipinski definition) is 3. The van der Waals surface area contributed by atoms with Crippen LogP contribution in [0.15, 0.2) is 18.2 Å². The van der Waals surface area contributed by atoms with E-state index in [-0.39, 0.29) is 6.04 Å². The van der Waals surface area contributed by atoms with Crippen LogP contribution in [0, 0.1) is 6.92 Å². The Hall–Kier alpha value is -0.820. The molecule has 1 aliphatic heterocycles. The molecule has 1 heterocycles. The zero-order valence-electron chi connectivity index (χ0n) is 11.5. The molecule has 1 saturated heterocycles. The van der Waals surface area contributed by atoms with E-state index < -0.39 is 10.2 Å². The molecule has 1 aromatic rings. The number of benzene rings is 1. The van der Waals surface area contributed by atoms with Gasteiger partial charge in [-0.2, -0.15) is 12.7 Å². The molecule has 1 atom stereocenters. The van der Waals surface area contributed by atoms with Crippen molar-refractivity contribution >= 4 is 27.5 Å². The Balaban J connectivity index is 2.21. The minimum atomic E-state index is -3.61. The monoisotopic (exact) mass is 317 g/mol. The van der Waals surface area contributed by atoms with E-state index in [2.05, 4.69) is 4.72 Å². The Morgan fingerprint density at radius 1 is 1.45 bits per heavy atom. The standard InChI is InChI=1S/C13H20ClN3O2S/c1-10-5-6-13(12(14)8-10)16-20(18,19)17-7-3-2-4-11(17)9-15/h5-6,8,11,16H,2-4,7,9,15H2,1H3. The van der Waals surface area contributed by atoms with Gasteiger partial charge < -0.3 is 5.73 Å². The summed E-state index contributed by atoms with van der Waals surface area (Å²) >= 11 is 6.07. The molecule has 20 heavy (non-hydrogen) atoms. The van der Waals surface area contributed by atoms with Crippen molar-refractivity contribution in [3.05, 3.63) is 28.8 Å². The Bertz CT molecular complexity index is 577. The SMILES string of the molecule is Cc1ccc(NS(=O)(=O)N2CCCCC2CN)c(Cl)c1. The van der Waals surface area contributed by atoms with Crippen LogP contribution in [0.5, 0.6) is 0 Å². The molecule has 5 nitrogen and oxygen atoms in total. The van der Waals surface area contributed by atoms with Crippen LogP contribution in [-0.2, 0) is 10.2 Å². The van der Waals surface area contributed by atoms with E-state index >= 15 is 0 Å². The van der Waals surface area contributed by atoms with Gasteiger partial charge in [-0.25, -0.2) is 0 Å². The Morgan fingerprint density at radius 3 is 2.85 bits per heavy atom. The van der Waals surface area contributed by atoms with Crippen molar-refractivity contribution in [2.75, 3.05) is 17.8 Å². The number of nitrogens with zero attached hydrogens (tertiary/aromatic N) is 1. The lowest BCUT2D eigenvalue weighted by Crippen LogP contribution is -2.49. The van der Waals surface area contributed by atoms with E-state index in [0.717, 1.165) is 24.8 Å². The Morgan fingerprint density at radius 2 is 2.20 bits per heavy atom. The molecule has 3 N–H and O–H groups in total. The number of hydrogen-bond donors (Lipinski definition) is 2. The summed E-state index contributed by atoms with van der Waals surface area (Å²) in [7, 11) is -3.61. The molecule has 7 heteroatoms. The van der Waals surface area contributed by atoms with Crippen LogP contribution in [0.3, 0.4) is 0 Å².